The zero-order valence-electron chi connectivity index (χ0n) is 16.5. The molecule has 3 heterocycles. The van der Waals surface area contributed by atoms with Crippen molar-refractivity contribution in [3.05, 3.63) is 6.33 Å². The zero-order chi connectivity index (χ0) is 20.2. The highest BCUT2D eigenvalue weighted by atomic mass is 28.4. The van der Waals surface area contributed by atoms with Gasteiger partial charge in [-0.05, 0) is 25.1 Å². The Morgan fingerprint density at radius 1 is 1.37 bits per heavy atom. The van der Waals surface area contributed by atoms with Crippen molar-refractivity contribution in [2.45, 2.75) is 69.9 Å². The van der Waals surface area contributed by atoms with Crippen LogP contribution >= 0.6 is 0 Å². The van der Waals surface area contributed by atoms with E-state index in [1.54, 1.807) is 0 Å². The Morgan fingerprint density at radius 2 is 2.04 bits per heavy atom. The van der Waals surface area contributed by atoms with Gasteiger partial charge in [0.25, 0.3) is 0 Å². The molecule has 0 saturated carbocycles. The fourth-order valence-corrected chi connectivity index (χ4v) is 3.80. The molecule has 0 bridgehead atoms. The second-order valence-corrected chi connectivity index (χ2v) is 13.5. The van der Waals surface area contributed by atoms with Crippen molar-refractivity contribution in [2.24, 2.45) is 0 Å². The molecule has 4 N–H and O–H groups in total. The maximum atomic E-state index is 10.9. The lowest BCUT2D eigenvalue weighted by molar-refractivity contribution is -0.101. The number of hydrogen-bond acceptors (Lipinski definition) is 9. The first-order chi connectivity index (χ1) is 12.4. The van der Waals surface area contributed by atoms with Gasteiger partial charge >= 0.3 is 0 Å². The molecule has 0 aromatic carbocycles. The summed E-state index contributed by atoms with van der Waals surface area (Å²) in [6.45, 7) is 12.3. The van der Waals surface area contributed by atoms with Crippen LogP contribution in [0.25, 0.3) is 11.2 Å². The highest BCUT2D eigenvalue weighted by molar-refractivity contribution is 6.74. The quantitative estimate of drug-likeness (QED) is 0.641. The third kappa shape index (κ3) is 3.34. The van der Waals surface area contributed by atoms with Gasteiger partial charge < -0.3 is 25.1 Å². The molecule has 10 nitrogen and oxygen atoms in total. The van der Waals surface area contributed by atoms with Gasteiger partial charge in [0.2, 0.25) is 0 Å². The lowest BCUT2D eigenvalue weighted by Gasteiger charge is -2.37. The SMILES string of the molecule is CC(C)(C)[Si](C)(C)OC[C@H]1O[C@@H](n2nnc3c(N)ncnc32)[C@](C)(O)[C@@H]1O. The Hall–Kier alpha value is -1.66. The lowest BCUT2D eigenvalue weighted by Crippen LogP contribution is -2.47. The van der Waals surface area contributed by atoms with E-state index in [0.29, 0.717) is 11.2 Å². The summed E-state index contributed by atoms with van der Waals surface area (Å²) in [4.78, 5) is 8.01. The largest absolute Gasteiger partial charge is 0.414 e. The molecular weight excluding hydrogens is 368 g/mol. The maximum absolute atomic E-state index is 10.9. The first-order valence-electron chi connectivity index (χ1n) is 8.87. The highest BCUT2D eigenvalue weighted by Gasteiger charge is 2.54. The molecule has 1 aliphatic heterocycles. The summed E-state index contributed by atoms with van der Waals surface area (Å²) in [5.41, 5.74) is 4.82. The molecule has 2 aromatic heterocycles. The molecule has 4 atom stereocenters. The average Bonchev–Trinajstić information content (AvgIpc) is 3.06. The van der Waals surface area contributed by atoms with Gasteiger partial charge in [0.15, 0.2) is 31.5 Å². The van der Waals surface area contributed by atoms with Gasteiger partial charge in [0.1, 0.15) is 24.1 Å². The predicted octanol–water partition coefficient (Wildman–Crippen LogP) is 0.835. The van der Waals surface area contributed by atoms with Gasteiger partial charge in [-0.1, -0.05) is 26.0 Å². The number of hydrogen-bond donors (Lipinski definition) is 3. The maximum Gasteiger partial charge on any atom is 0.192 e. The molecule has 0 unspecified atom stereocenters. The summed E-state index contributed by atoms with van der Waals surface area (Å²) in [7, 11) is -2.03. The standard InChI is InChI=1S/C16H28N6O4Si/c1-15(2,3)27(5,6)25-7-9-11(23)16(4,24)14(26-9)22-13-10(20-21-22)12(17)18-8-19-13/h8-9,11,14,23-24H,7H2,1-6H3,(H2,17,18,19)/t9-,11-,14-,16-/m1/s1. The Labute approximate surface area is 158 Å². The summed E-state index contributed by atoms with van der Waals surface area (Å²) in [5, 5.41) is 29.5. The second-order valence-electron chi connectivity index (χ2n) is 8.73. The molecule has 11 heteroatoms. The minimum atomic E-state index is -2.03. The van der Waals surface area contributed by atoms with E-state index in [4.69, 9.17) is 14.9 Å². The number of aromatic nitrogens is 5. The number of ether oxygens (including phenoxy) is 1. The molecule has 3 rings (SSSR count). The van der Waals surface area contributed by atoms with E-state index in [1.165, 1.54) is 17.9 Å². The topological polar surface area (TPSA) is 141 Å². The van der Waals surface area contributed by atoms with Crippen LogP contribution in [-0.4, -0.2) is 67.9 Å². The summed E-state index contributed by atoms with van der Waals surface area (Å²) in [6.07, 6.45) is -1.57. The van der Waals surface area contributed by atoms with Crippen molar-refractivity contribution in [1.29, 1.82) is 0 Å². The van der Waals surface area contributed by atoms with Gasteiger partial charge in [0, 0.05) is 0 Å². The van der Waals surface area contributed by atoms with E-state index >= 15 is 0 Å². The predicted molar refractivity (Wildman–Crippen MR) is 101 cm³/mol. The van der Waals surface area contributed by atoms with Crippen LogP contribution in [0.5, 0.6) is 0 Å². The van der Waals surface area contributed by atoms with Crippen LogP contribution in [0.3, 0.4) is 0 Å². The number of nitrogen functional groups attached to an aromatic ring is 1. The van der Waals surface area contributed by atoms with E-state index in [0.717, 1.165) is 0 Å². The second kappa shape index (κ2) is 6.45. The van der Waals surface area contributed by atoms with Crippen molar-refractivity contribution in [1.82, 2.24) is 25.0 Å². The van der Waals surface area contributed by atoms with Crippen molar-refractivity contribution in [3.63, 3.8) is 0 Å². The van der Waals surface area contributed by atoms with Gasteiger partial charge in [-0.15, -0.1) is 5.10 Å². The normalized spacial score (nSPS) is 29.6. The van der Waals surface area contributed by atoms with Crippen molar-refractivity contribution >= 4 is 25.3 Å². The van der Waals surface area contributed by atoms with E-state index < -0.39 is 32.4 Å². The summed E-state index contributed by atoms with van der Waals surface area (Å²) in [6, 6.07) is 0. The molecule has 1 aliphatic rings. The van der Waals surface area contributed by atoms with Crippen LogP contribution in [-0.2, 0) is 9.16 Å². The lowest BCUT2D eigenvalue weighted by atomic mass is 9.97. The number of anilines is 1. The first-order valence-corrected chi connectivity index (χ1v) is 11.8. The number of rotatable bonds is 4. The highest BCUT2D eigenvalue weighted by Crippen LogP contribution is 2.41. The Bertz CT molecular complexity index is 834. The first kappa shape index (κ1) is 20.1. The van der Waals surface area contributed by atoms with Crippen LogP contribution in [0.2, 0.25) is 18.1 Å². The fourth-order valence-electron chi connectivity index (χ4n) is 2.78. The average molecular weight is 397 g/mol. The van der Waals surface area contributed by atoms with Crippen LogP contribution < -0.4 is 5.73 Å². The molecular formula is C16H28N6O4Si. The molecule has 1 saturated heterocycles. The van der Waals surface area contributed by atoms with Gasteiger partial charge in [-0.3, -0.25) is 0 Å². The Balaban J connectivity index is 1.85. The van der Waals surface area contributed by atoms with Crippen LogP contribution in [0.15, 0.2) is 6.33 Å². The van der Waals surface area contributed by atoms with E-state index in [-0.39, 0.29) is 17.5 Å². The van der Waals surface area contributed by atoms with E-state index in [2.05, 4.69) is 54.1 Å². The Morgan fingerprint density at radius 3 is 2.67 bits per heavy atom. The summed E-state index contributed by atoms with van der Waals surface area (Å²) < 4.78 is 13.4. The van der Waals surface area contributed by atoms with Crippen LogP contribution in [0.4, 0.5) is 5.82 Å². The van der Waals surface area contributed by atoms with Crippen LogP contribution in [0.1, 0.15) is 33.9 Å². The fraction of sp³-hybridized carbons (Fsp3) is 0.750. The number of nitrogens with two attached hydrogens (primary N) is 1. The third-order valence-corrected chi connectivity index (χ3v) is 10.2. The summed E-state index contributed by atoms with van der Waals surface area (Å²) >= 11 is 0. The van der Waals surface area contributed by atoms with Crippen molar-refractivity contribution < 1.29 is 19.4 Å². The Kier molecular flexibility index (Phi) is 4.80. The molecule has 1 fully saturated rings. The minimum Gasteiger partial charge on any atom is -0.414 e. The number of aliphatic hydroxyl groups excluding tert-OH is 1. The number of aliphatic hydroxyl groups is 2. The molecule has 0 amide bonds. The number of fused-ring (bicyclic) bond motifs is 1. The van der Waals surface area contributed by atoms with Gasteiger partial charge in [-0.2, -0.15) is 4.68 Å². The smallest absolute Gasteiger partial charge is 0.192 e. The number of nitrogens with zero attached hydrogens (tertiary/aromatic N) is 5. The van der Waals surface area contributed by atoms with Gasteiger partial charge in [-0.25, -0.2) is 9.97 Å². The molecule has 27 heavy (non-hydrogen) atoms. The summed E-state index contributed by atoms with van der Waals surface area (Å²) in [5.74, 6) is 0.183. The minimum absolute atomic E-state index is 0.0228. The van der Waals surface area contributed by atoms with Crippen LogP contribution in [0, 0.1) is 0 Å². The zero-order valence-corrected chi connectivity index (χ0v) is 17.5. The van der Waals surface area contributed by atoms with Crippen molar-refractivity contribution in [2.75, 3.05) is 12.3 Å². The molecule has 150 valence electrons. The monoisotopic (exact) mass is 396 g/mol. The molecule has 2 aromatic rings. The molecule has 0 spiro atoms. The van der Waals surface area contributed by atoms with E-state index in [1.807, 2.05) is 0 Å². The third-order valence-electron chi connectivity index (χ3n) is 5.68. The van der Waals surface area contributed by atoms with Gasteiger partial charge in [0.05, 0.1) is 6.61 Å². The van der Waals surface area contributed by atoms with Crippen molar-refractivity contribution in [3.8, 4) is 0 Å². The molecule has 0 aliphatic carbocycles. The van der Waals surface area contributed by atoms with E-state index in [9.17, 15) is 10.2 Å². The molecule has 0 radical (unpaired) electrons.